The van der Waals surface area contributed by atoms with Crippen LogP contribution in [-0.2, 0) is 25.6 Å². The Morgan fingerprint density at radius 3 is 2.06 bits per heavy atom. The topological polar surface area (TPSA) is 80.8 Å². The van der Waals surface area contributed by atoms with Crippen LogP contribution in [0.15, 0.2) is 94.7 Å². The van der Waals surface area contributed by atoms with E-state index in [1.807, 2.05) is 18.2 Å². The number of sulfonamides is 1. The fourth-order valence-electron chi connectivity index (χ4n) is 4.23. The first-order valence-corrected chi connectivity index (χ1v) is 15.2. The minimum Gasteiger partial charge on any atom is -0.497 e. The first kappa shape index (κ1) is 25.6. The minimum absolute atomic E-state index is 0.0983. The summed E-state index contributed by atoms with van der Waals surface area (Å²) in [6.45, 7) is -0.0488. The number of benzene rings is 3. The van der Waals surface area contributed by atoms with Crippen LogP contribution in [0.25, 0.3) is 5.57 Å². The maximum absolute atomic E-state index is 13.9. The van der Waals surface area contributed by atoms with E-state index in [-0.39, 0.29) is 34.6 Å². The van der Waals surface area contributed by atoms with Gasteiger partial charge in [-0.3, -0.25) is 0 Å². The first-order chi connectivity index (χ1) is 16.8. The molecule has 1 aliphatic rings. The monoisotopic (exact) mass is 575 g/mol. The van der Waals surface area contributed by atoms with E-state index in [2.05, 4.69) is 15.9 Å². The first-order valence-electron chi connectivity index (χ1n) is 11.0. The number of nitrogens with zero attached hydrogens (tertiary/aromatic N) is 1. The Bertz CT molecular complexity index is 1410. The van der Waals surface area contributed by atoms with Crippen molar-refractivity contribution in [1.82, 2.24) is 4.31 Å². The molecule has 3 aromatic carbocycles. The lowest BCUT2D eigenvalue weighted by atomic mass is 9.91. The molecule has 184 valence electrons. The number of sulfone groups is 1. The van der Waals surface area contributed by atoms with Crippen molar-refractivity contribution in [1.29, 1.82) is 0 Å². The molecule has 1 aliphatic heterocycles. The number of halogens is 1. The van der Waals surface area contributed by atoms with E-state index in [0.29, 0.717) is 22.2 Å². The second-order valence-electron chi connectivity index (χ2n) is 8.27. The summed E-state index contributed by atoms with van der Waals surface area (Å²) in [5, 5.41) is 0.402. The van der Waals surface area contributed by atoms with E-state index < -0.39 is 19.9 Å². The predicted molar refractivity (Wildman–Crippen MR) is 141 cm³/mol. The molecule has 0 aromatic heterocycles. The molecule has 0 spiro atoms. The van der Waals surface area contributed by atoms with Crippen LogP contribution in [0.3, 0.4) is 0 Å². The van der Waals surface area contributed by atoms with Crippen molar-refractivity contribution < 1.29 is 21.6 Å². The third-order valence-corrected chi connectivity index (χ3v) is 10.4. The summed E-state index contributed by atoms with van der Waals surface area (Å²) < 4.78 is 61.2. The van der Waals surface area contributed by atoms with Gasteiger partial charge < -0.3 is 4.74 Å². The maximum Gasteiger partial charge on any atom is 0.218 e. The molecular formula is C26H26BrNO5S2. The third-order valence-electron chi connectivity index (χ3n) is 6.00. The average Bonchev–Trinajstić information content (AvgIpc) is 2.88. The van der Waals surface area contributed by atoms with Gasteiger partial charge in [-0.2, -0.15) is 4.31 Å². The van der Waals surface area contributed by atoms with Gasteiger partial charge in [0.1, 0.15) is 5.75 Å². The summed E-state index contributed by atoms with van der Waals surface area (Å²) in [5.74, 6) is 0.0931. The molecule has 1 heterocycles. The van der Waals surface area contributed by atoms with Crippen molar-refractivity contribution in [2.24, 2.45) is 5.92 Å². The normalized spacial score (nSPS) is 17.4. The van der Waals surface area contributed by atoms with Crippen LogP contribution < -0.4 is 4.74 Å². The van der Waals surface area contributed by atoms with Crippen LogP contribution in [-0.4, -0.2) is 46.7 Å². The average molecular weight is 577 g/mol. The van der Waals surface area contributed by atoms with Crippen molar-refractivity contribution in [3.05, 3.63) is 101 Å². The number of hydrogen-bond donors (Lipinski definition) is 0. The van der Waals surface area contributed by atoms with Crippen molar-refractivity contribution >= 4 is 41.4 Å². The Kier molecular flexibility index (Phi) is 7.80. The number of ether oxygens (including phenoxy) is 1. The van der Waals surface area contributed by atoms with Gasteiger partial charge >= 0.3 is 0 Å². The molecule has 0 bridgehead atoms. The van der Waals surface area contributed by atoms with E-state index >= 15 is 0 Å². The van der Waals surface area contributed by atoms with Crippen molar-refractivity contribution in [2.45, 2.75) is 10.6 Å². The number of methoxy groups -OCH3 is 1. The number of rotatable bonds is 8. The van der Waals surface area contributed by atoms with Gasteiger partial charge in [0.05, 0.1) is 29.2 Å². The van der Waals surface area contributed by atoms with Gasteiger partial charge in [-0.05, 0) is 41.0 Å². The molecule has 4 rings (SSSR count). The SMILES string of the molecule is COc1ccc(C2=C(S(=O)(=O)c3ccccc3)CN(S(=O)(=O)Cc3ccccc3)CC2CBr)cc1. The Hall–Kier alpha value is -2.46. The third kappa shape index (κ3) is 5.53. The lowest BCUT2D eigenvalue weighted by Crippen LogP contribution is -2.43. The molecular weight excluding hydrogens is 550 g/mol. The van der Waals surface area contributed by atoms with E-state index in [4.69, 9.17) is 4.74 Å². The van der Waals surface area contributed by atoms with Crippen molar-refractivity contribution in [3.63, 3.8) is 0 Å². The Balaban J connectivity index is 1.85. The summed E-state index contributed by atoms with van der Waals surface area (Å²) in [7, 11) is -6.17. The Morgan fingerprint density at radius 1 is 0.886 bits per heavy atom. The summed E-state index contributed by atoms with van der Waals surface area (Å²) in [6, 6.07) is 24.2. The highest BCUT2D eigenvalue weighted by Gasteiger charge is 2.39. The van der Waals surface area contributed by atoms with Gasteiger partial charge in [-0.25, -0.2) is 16.8 Å². The smallest absolute Gasteiger partial charge is 0.218 e. The molecule has 6 nitrogen and oxygen atoms in total. The molecule has 0 aliphatic carbocycles. The summed E-state index contributed by atoms with van der Waals surface area (Å²) in [5.41, 5.74) is 2.00. The van der Waals surface area contributed by atoms with Crippen LogP contribution in [0.5, 0.6) is 5.75 Å². The van der Waals surface area contributed by atoms with Crippen LogP contribution in [0.4, 0.5) is 0 Å². The van der Waals surface area contributed by atoms with Gasteiger partial charge in [0, 0.05) is 17.8 Å². The van der Waals surface area contributed by atoms with E-state index in [9.17, 15) is 16.8 Å². The summed E-state index contributed by atoms with van der Waals surface area (Å²) in [4.78, 5) is 0.234. The van der Waals surface area contributed by atoms with Gasteiger partial charge in [0.15, 0.2) is 0 Å². The zero-order valence-electron chi connectivity index (χ0n) is 19.2. The molecule has 1 unspecified atom stereocenters. The fourth-order valence-corrected chi connectivity index (χ4v) is 8.07. The Labute approximate surface area is 215 Å². The quantitative estimate of drug-likeness (QED) is 0.362. The molecule has 0 N–H and O–H groups in total. The Morgan fingerprint density at radius 2 is 1.49 bits per heavy atom. The zero-order valence-corrected chi connectivity index (χ0v) is 22.4. The standard InChI is InChI=1S/C26H26BrNO5S2/c1-33-23-14-12-21(13-15-23)26-22(16-27)17-28(34(29,30)19-20-8-4-2-5-9-20)18-25(26)35(31,32)24-10-6-3-7-11-24/h2-15,22H,16-19H2,1H3. The van der Waals surface area contributed by atoms with E-state index in [1.165, 1.54) is 16.4 Å². The van der Waals surface area contributed by atoms with Gasteiger partial charge in [0.2, 0.25) is 19.9 Å². The molecule has 1 atom stereocenters. The molecule has 0 saturated carbocycles. The number of hydrogen-bond acceptors (Lipinski definition) is 5. The molecule has 0 saturated heterocycles. The van der Waals surface area contributed by atoms with Gasteiger partial charge in [-0.1, -0.05) is 76.6 Å². The summed E-state index contributed by atoms with van der Waals surface area (Å²) >= 11 is 3.51. The highest BCUT2D eigenvalue weighted by Crippen LogP contribution is 2.39. The molecule has 9 heteroatoms. The molecule has 0 fully saturated rings. The second kappa shape index (κ2) is 10.7. The number of alkyl halides is 1. The molecule has 35 heavy (non-hydrogen) atoms. The fraction of sp³-hybridized carbons (Fsp3) is 0.231. The highest BCUT2D eigenvalue weighted by atomic mass is 79.9. The van der Waals surface area contributed by atoms with Crippen molar-refractivity contribution in [2.75, 3.05) is 25.5 Å². The largest absolute Gasteiger partial charge is 0.497 e. The highest BCUT2D eigenvalue weighted by molar-refractivity contribution is 9.09. The lowest BCUT2D eigenvalue weighted by molar-refractivity contribution is 0.399. The van der Waals surface area contributed by atoms with Crippen LogP contribution in [0.2, 0.25) is 0 Å². The van der Waals surface area contributed by atoms with Gasteiger partial charge in [-0.15, -0.1) is 0 Å². The molecule has 0 amide bonds. The van der Waals surface area contributed by atoms with Crippen LogP contribution in [0, 0.1) is 5.92 Å². The van der Waals surface area contributed by atoms with Crippen molar-refractivity contribution in [3.8, 4) is 5.75 Å². The minimum atomic E-state index is -3.96. The molecule has 0 radical (unpaired) electrons. The maximum atomic E-state index is 13.9. The van der Waals surface area contributed by atoms with Crippen LogP contribution >= 0.6 is 15.9 Å². The summed E-state index contributed by atoms with van der Waals surface area (Å²) in [6.07, 6.45) is 0. The zero-order chi connectivity index (χ0) is 25.1. The van der Waals surface area contributed by atoms with Crippen LogP contribution in [0.1, 0.15) is 11.1 Å². The lowest BCUT2D eigenvalue weighted by Gasteiger charge is -2.35. The molecule has 3 aromatic rings. The van der Waals surface area contributed by atoms with E-state index in [0.717, 1.165) is 5.56 Å². The van der Waals surface area contributed by atoms with Gasteiger partial charge in [0.25, 0.3) is 0 Å². The van der Waals surface area contributed by atoms with E-state index in [1.54, 1.807) is 61.7 Å². The predicted octanol–water partition coefficient (Wildman–Crippen LogP) is 4.74. The second-order valence-corrected chi connectivity index (χ2v) is 12.9.